The molecule has 96 valence electrons. The number of nitrogens with zero attached hydrogens (tertiary/aromatic N) is 3. The van der Waals surface area contributed by atoms with Crippen molar-refractivity contribution in [2.24, 2.45) is 5.10 Å². The van der Waals surface area contributed by atoms with E-state index in [1.54, 1.807) is 30.5 Å². The van der Waals surface area contributed by atoms with E-state index in [2.05, 4.69) is 17.0 Å². The fourth-order valence-corrected chi connectivity index (χ4v) is 1.77. The highest BCUT2D eigenvalue weighted by Gasteiger charge is 2.10. The highest BCUT2D eigenvalue weighted by atomic mass is 16.4. The molecule has 5 heteroatoms. The second-order valence-electron chi connectivity index (χ2n) is 4.43. The van der Waals surface area contributed by atoms with Crippen LogP contribution in [0, 0.1) is 0 Å². The maximum absolute atomic E-state index is 10.7. The van der Waals surface area contributed by atoms with Crippen LogP contribution in [0.4, 0.5) is 0 Å². The van der Waals surface area contributed by atoms with E-state index >= 15 is 0 Å². The number of hydrogen-bond acceptors (Lipinski definition) is 4. The van der Waals surface area contributed by atoms with Gasteiger partial charge in [0, 0.05) is 26.2 Å². The van der Waals surface area contributed by atoms with E-state index in [0.717, 1.165) is 31.7 Å². The molecule has 0 unspecified atom stereocenters. The van der Waals surface area contributed by atoms with Gasteiger partial charge in [-0.25, -0.2) is 4.79 Å². The van der Waals surface area contributed by atoms with Gasteiger partial charge >= 0.3 is 5.97 Å². The fraction of sp³-hybridized carbons (Fsp3) is 0.385. The number of hydrazone groups is 1. The zero-order chi connectivity index (χ0) is 13.0. The number of carboxylic acid groups (broad SMARTS) is 1. The van der Waals surface area contributed by atoms with Gasteiger partial charge < -0.3 is 10.0 Å². The minimum Gasteiger partial charge on any atom is -0.478 e. The molecule has 0 atom stereocenters. The summed E-state index contributed by atoms with van der Waals surface area (Å²) in [4.78, 5) is 13.0. The Labute approximate surface area is 106 Å². The van der Waals surface area contributed by atoms with Crippen LogP contribution in [0.15, 0.2) is 29.4 Å². The van der Waals surface area contributed by atoms with Crippen LogP contribution >= 0.6 is 0 Å². The van der Waals surface area contributed by atoms with E-state index in [-0.39, 0.29) is 0 Å². The third kappa shape index (κ3) is 3.30. The molecule has 1 heterocycles. The van der Waals surface area contributed by atoms with Crippen LogP contribution in [0.3, 0.4) is 0 Å². The molecule has 1 aromatic carbocycles. The number of piperazine rings is 1. The molecule has 18 heavy (non-hydrogen) atoms. The van der Waals surface area contributed by atoms with Crippen molar-refractivity contribution in [1.82, 2.24) is 9.91 Å². The first-order valence-corrected chi connectivity index (χ1v) is 5.96. The lowest BCUT2D eigenvalue weighted by molar-refractivity contribution is 0.0697. The Bertz CT molecular complexity index is 434. The van der Waals surface area contributed by atoms with Crippen LogP contribution in [-0.2, 0) is 0 Å². The van der Waals surface area contributed by atoms with Gasteiger partial charge in [-0.05, 0) is 24.7 Å². The van der Waals surface area contributed by atoms with Crippen LogP contribution in [-0.4, -0.2) is 60.4 Å². The molecule has 1 aromatic rings. The van der Waals surface area contributed by atoms with Crippen LogP contribution < -0.4 is 0 Å². The maximum atomic E-state index is 10.7. The molecule has 0 amide bonds. The van der Waals surface area contributed by atoms with Crippen molar-refractivity contribution in [2.45, 2.75) is 0 Å². The van der Waals surface area contributed by atoms with Crippen molar-refractivity contribution in [3.8, 4) is 0 Å². The van der Waals surface area contributed by atoms with Gasteiger partial charge in [0.15, 0.2) is 0 Å². The average Bonchev–Trinajstić information content (AvgIpc) is 2.38. The van der Waals surface area contributed by atoms with Crippen molar-refractivity contribution >= 4 is 12.2 Å². The van der Waals surface area contributed by atoms with Crippen LogP contribution in [0.1, 0.15) is 15.9 Å². The summed E-state index contributed by atoms with van der Waals surface area (Å²) in [5.74, 6) is -0.905. The van der Waals surface area contributed by atoms with Crippen molar-refractivity contribution in [2.75, 3.05) is 33.2 Å². The van der Waals surface area contributed by atoms with Crippen molar-refractivity contribution in [3.63, 3.8) is 0 Å². The number of aromatic carboxylic acids is 1. The first-order chi connectivity index (χ1) is 8.65. The van der Waals surface area contributed by atoms with Gasteiger partial charge in [0.25, 0.3) is 0 Å². The van der Waals surface area contributed by atoms with Gasteiger partial charge in [-0.1, -0.05) is 12.1 Å². The van der Waals surface area contributed by atoms with Gasteiger partial charge in [0.05, 0.1) is 11.8 Å². The Hall–Kier alpha value is -1.88. The molecule has 0 saturated carbocycles. The van der Waals surface area contributed by atoms with E-state index < -0.39 is 5.97 Å². The van der Waals surface area contributed by atoms with Gasteiger partial charge in [-0.15, -0.1) is 0 Å². The van der Waals surface area contributed by atoms with Gasteiger partial charge in [-0.2, -0.15) is 5.10 Å². The van der Waals surface area contributed by atoms with Crippen LogP contribution in [0.2, 0.25) is 0 Å². The first-order valence-electron chi connectivity index (χ1n) is 5.96. The Morgan fingerprint density at radius 2 is 1.83 bits per heavy atom. The SMILES string of the molecule is CN1CCN(N=Cc2ccc(C(=O)O)cc2)CC1. The molecule has 1 saturated heterocycles. The summed E-state index contributed by atoms with van der Waals surface area (Å²) < 4.78 is 0. The van der Waals surface area contributed by atoms with Crippen LogP contribution in [0.5, 0.6) is 0 Å². The third-order valence-corrected chi connectivity index (χ3v) is 3.01. The van der Waals surface area contributed by atoms with Gasteiger partial charge in [0.2, 0.25) is 0 Å². The molecule has 1 N–H and O–H groups in total. The second-order valence-corrected chi connectivity index (χ2v) is 4.43. The third-order valence-electron chi connectivity index (χ3n) is 3.01. The van der Waals surface area contributed by atoms with Crippen molar-refractivity contribution in [1.29, 1.82) is 0 Å². The predicted octanol–water partition coefficient (Wildman–Crippen LogP) is 0.966. The number of carbonyl (C=O) groups is 1. The summed E-state index contributed by atoms with van der Waals surface area (Å²) in [6.07, 6.45) is 1.77. The first kappa shape index (κ1) is 12.6. The Balaban J connectivity index is 1.94. The quantitative estimate of drug-likeness (QED) is 0.808. The Morgan fingerprint density at radius 3 is 2.39 bits per heavy atom. The number of rotatable bonds is 3. The monoisotopic (exact) mass is 247 g/mol. The molecule has 0 radical (unpaired) electrons. The summed E-state index contributed by atoms with van der Waals surface area (Å²) in [7, 11) is 2.10. The van der Waals surface area contributed by atoms with Gasteiger partial charge in [0.1, 0.15) is 0 Å². The average molecular weight is 247 g/mol. The van der Waals surface area contributed by atoms with Crippen molar-refractivity contribution < 1.29 is 9.90 Å². The lowest BCUT2D eigenvalue weighted by Gasteiger charge is -2.30. The van der Waals surface area contributed by atoms with E-state index in [9.17, 15) is 4.79 Å². The number of carboxylic acids is 1. The molecule has 1 aliphatic heterocycles. The molecule has 0 aliphatic carbocycles. The summed E-state index contributed by atoms with van der Waals surface area (Å²) >= 11 is 0. The lowest BCUT2D eigenvalue weighted by Crippen LogP contribution is -2.41. The molecule has 0 bridgehead atoms. The number of benzene rings is 1. The number of hydrogen-bond donors (Lipinski definition) is 1. The fourth-order valence-electron chi connectivity index (χ4n) is 1.77. The zero-order valence-electron chi connectivity index (χ0n) is 10.4. The molecule has 1 fully saturated rings. The summed E-state index contributed by atoms with van der Waals surface area (Å²) in [5, 5.41) is 15.2. The molecule has 0 aromatic heterocycles. The molecular formula is C13H17N3O2. The topological polar surface area (TPSA) is 56.1 Å². The summed E-state index contributed by atoms with van der Waals surface area (Å²) in [6.45, 7) is 3.91. The smallest absolute Gasteiger partial charge is 0.335 e. The van der Waals surface area contributed by atoms with Crippen molar-refractivity contribution in [3.05, 3.63) is 35.4 Å². The molecule has 2 rings (SSSR count). The summed E-state index contributed by atoms with van der Waals surface area (Å²) in [6, 6.07) is 6.72. The van der Waals surface area contributed by atoms with E-state index in [4.69, 9.17) is 5.11 Å². The van der Waals surface area contributed by atoms with E-state index in [0.29, 0.717) is 5.56 Å². The Kier molecular flexibility index (Phi) is 3.94. The standard InChI is InChI=1S/C13H17N3O2/c1-15-6-8-16(9-7-15)14-10-11-2-4-12(5-3-11)13(17)18/h2-5,10H,6-9H2,1H3,(H,17,18). The predicted molar refractivity (Wildman–Crippen MR) is 70.1 cm³/mol. The highest BCUT2D eigenvalue weighted by Crippen LogP contribution is 2.04. The Morgan fingerprint density at radius 1 is 1.22 bits per heavy atom. The molecule has 0 spiro atoms. The lowest BCUT2D eigenvalue weighted by atomic mass is 10.1. The minimum absolute atomic E-state index is 0.298. The summed E-state index contributed by atoms with van der Waals surface area (Å²) in [5.41, 5.74) is 1.21. The van der Waals surface area contributed by atoms with E-state index in [1.807, 2.05) is 5.01 Å². The highest BCUT2D eigenvalue weighted by molar-refractivity contribution is 5.89. The van der Waals surface area contributed by atoms with Crippen LogP contribution in [0.25, 0.3) is 0 Å². The molecular weight excluding hydrogens is 230 g/mol. The van der Waals surface area contributed by atoms with E-state index in [1.165, 1.54) is 0 Å². The maximum Gasteiger partial charge on any atom is 0.335 e. The number of likely N-dealkylation sites (N-methyl/N-ethyl adjacent to an activating group) is 1. The molecule has 5 nitrogen and oxygen atoms in total. The normalized spacial score (nSPS) is 17.3. The van der Waals surface area contributed by atoms with Gasteiger partial charge in [-0.3, -0.25) is 5.01 Å². The zero-order valence-corrected chi connectivity index (χ0v) is 10.4. The largest absolute Gasteiger partial charge is 0.478 e. The second kappa shape index (κ2) is 5.64. The molecule has 1 aliphatic rings. The minimum atomic E-state index is -0.905.